The molecule has 0 aliphatic heterocycles. The van der Waals surface area contributed by atoms with Gasteiger partial charge in [-0.2, -0.15) is 0 Å². The molecule has 0 radical (unpaired) electrons. The van der Waals surface area contributed by atoms with Crippen molar-refractivity contribution in [2.45, 2.75) is 85.2 Å². The van der Waals surface area contributed by atoms with Crippen LogP contribution in [0.15, 0.2) is 11.6 Å². The van der Waals surface area contributed by atoms with E-state index in [0.717, 1.165) is 11.8 Å². The Bertz CT molecular complexity index is 443. The fourth-order valence-corrected chi connectivity index (χ4v) is 6.38. The van der Waals surface area contributed by atoms with E-state index >= 15 is 0 Å². The molecule has 0 aromatic rings. The lowest BCUT2D eigenvalue weighted by atomic mass is 9.50. The Kier molecular flexibility index (Phi) is 3.60. The zero-order valence-corrected chi connectivity index (χ0v) is 14.7. The average molecular weight is 290 g/mol. The molecule has 0 spiro atoms. The highest BCUT2D eigenvalue weighted by atomic mass is 16.3. The third-order valence-electron chi connectivity index (χ3n) is 7.64. The maximum Gasteiger partial charge on any atom is 0.0622 e. The third-order valence-corrected chi connectivity index (χ3v) is 7.64. The Labute approximate surface area is 131 Å². The van der Waals surface area contributed by atoms with Crippen LogP contribution >= 0.6 is 0 Å². The minimum atomic E-state index is -0.505. The van der Waals surface area contributed by atoms with Crippen molar-refractivity contribution in [3.63, 3.8) is 0 Å². The van der Waals surface area contributed by atoms with Crippen LogP contribution in [0.5, 0.6) is 0 Å². The van der Waals surface area contributed by atoms with Crippen molar-refractivity contribution in [2.75, 3.05) is 0 Å². The molecule has 0 bridgehead atoms. The lowest BCUT2D eigenvalue weighted by Gasteiger charge is -2.55. The molecule has 21 heavy (non-hydrogen) atoms. The highest BCUT2D eigenvalue weighted by Crippen LogP contribution is 2.66. The first-order chi connectivity index (χ1) is 9.67. The van der Waals surface area contributed by atoms with Gasteiger partial charge in [0.1, 0.15) is 0 Å². The zero-order valence-electron chi connectivity index (χ0n) is 14.7. The predicted octanol–water partition coefficient (Wildman–Crippen LogP) is 5.34. The summed E-state index contributed by atoms with van der Waals surface area (Å²) in [5.41, 5.74) is 2.05. The van der Waals surface area contributed by atoms with Crippen molar-refractivity contribution >= 4 is 0 Å². The summed E-state index contributed by atoms with van der Waals surface area (Å²) in [6.07, 6.45) is 11.7. The molecule has 0 aromatic carbocycles. The van der Waals surface area contributed by atoms with E-state index < -0.39 is 5.60 Å². The molecule has 0 saturated heterocycles. The number of aliphatic hydroxyl groups is 1. The number of hydrogen-bond donors (Lipinski definition) is 1. The Morgan fingerprint density at radius 3 is 2.52 bits per heavy atom. The maximum atomic E-state index is 10.6. The summed E-state index contributed by atoms with van der Waals surface area (Å²) in [5, 5.41) is 10.6. The molecule has 3 rings (SSSR count). The lowest BCUT2D eigenvalue weighted by Crippen LogP contribution is -2.49. The first kappa shape index (κ1) is 15.6. The predicted molar refractivity (Wildman–Crippen MR) is 89.1 cm³/mol. The Balaban J connectivity index is 1.92. The van der Waals surface area contributed by atoms with Gasteiger partial charge in [0.05, 0.1) is 5.60 Å². The van der Waals surface area contributed by atoms with Crippen LogP contribution in [-0.4, -0.2) is 10.7 Å². The van der Waals surface area contributed by atoms with Crippen LogP contribution < -0.4 is 0 Å². The number of rotatable bonds is 1. The Hall–Kier alpha value is -0.300. The molecular weight excluding hydrogens is 256 g/mol. The van der Waals surface area contributed by atoms with Crippen LogP contribution in [0.3, 0.4) is 0 Å². The van der Waals surface area contributed by atoms with Crippen molar-refractivity contribution in [2.24, 2.45) is 28.6 Å². The van der Waals surface area contributed by atoms with E-state index in [4.69, 9.17) is 0 Å². The normalized spacial score (nSPS) is 47.3. The molecule has 3 aliphatic carbocycles. The van der Waals surface area contributed by atoms with Crippen LogP contribution in [-0.2, 0) is 0 Å². The molecule has 0 amide bonds. The summed E-state index contributed by atoms with van der Waals surface area (Å²) in [4.78, 5) is 0. The first-order valence-electron chi connectivity index (χ1n) is 9.05. The molecule has 0 unspecified atom stereocenters. The van der Waals surface area contributed by atoms with E-state index in [2.05, 4.69) is 26.8 Å². The van der Waals surface area contributed by atoms with Gasteiger partial charge in [-0.15, -0.1) is 0 Å². The number of allylic oxidation sites excluding steroid dienone is 2. The molecule has 3 aliphatic rings. The molecule has 2 fully saturated rings. The average Bonchev–Trinajstić information content (AvgIpc) is 2.64. The first-order valence-corrected chi connectivity index (χ1v) is 9.05. The van der Waals surface area contributed by atoms with Crippen molar-refractivity contribution in [1.82, 2.24) is 0 Å². The van der Waals surface area contributed by atoms with Gasteiger partial charge in [0.15, 0.2) is 0 Å². The van der Waals surface area contributed by atoms with Gasteiger partial charge in [-0.25, -0.2) is 0 Å². The van der Waals surface area contributed by atoms with Crippen LogP contribution in [0, 0.1) is 28.6 Å². The zero-order chi connectivity index (χ0) is 15.5. The van der Waals surface area contributed by atoms with Gasteiger partial charge in [-0.1, -0.05) is 25.5 Å². The molecule has 1 nitrogen and oxygen atoms in total. The van der Waals surface area contributed by atoms with Gasteiger partial charge in [0, 0.05) is 0 Å². The Morgan fingerprint density at radius 2 is 1.86 bits per heavy atom. The molecule has 0 aromatic heterocycles. The van der Waals surface area contributed by atoms with Gasteiger partial charge in [-0.05, 0) is 94.3 Å². The topological polar surface area (TPSA) is 20.2 Å². The summed E-state index contributed by atoms with van der Waals surface area (Å²) >= 11 is 0. The van der Waals surface area contributed by atoms with Crippen molar-refractivity contribution < 1.29 is 5.11 Å². The minimum absolute atomic E-state index is 0.454. The fourth-order valence-electron chi connectivity index (χ4n) is 6.38. The molecule has 0 heterocycles. The molecule has 120 valence electrons. The molecule has 1 N–H and O–H groups in total. The summed E-state index contributed by atoms with van der Waals surface area (Å²) in [7, 11) is 0. The highest BCUT2D eigenvalue weighted by molar-refractivity contribution is 5.14. The van der Waals surface area contributed by atoms with Crippen LogP contribution in [0.25, 0.3) is 0 Å². The monoisotopic (exact) mass is 290 g/mol. The summed E-state index contributed by atoms with van der Waals surface area (Å²) < 4.78 is 0. The van der Waals surface area contributed by atoms with E-state index in [0.29, 0.717) is 16.7 Å². The largest absolute Gasteiger partial charge is 0.390 e. The second-order valence-corrected chi connectivity index (χ2v) is 9.45. The maximum absolute atomic E-state index is 10.6. The minimum Gasteiger partial charge on any atom is -0.390 e. The van der Waals surface area contributed by atoms with Crippen LogP contribution in [0.2, 0.25) is 0 Å². The molecule has 1 heteroatoms. The van der Waals surface area contributed by atoms with Crippen LogP contribution in [0.4, 0.5) is 0 Å². The second-order valence-electron chi connectivity index (χ2n) is 9.45. The van der Waals surface area contributed by atoms with E-state index in [-0.39, 0.29) is 0 Å². The quantitative estimate of drug-likeness (QED) is 0.647. The van der Waals surface area contributed by atoms with Gasteiger partial charge in [-0.3, -0.25) is 0 Å². The van der Waals surface area contributed by atoms with Gasteiger partial charge in [0.2, 0.25) is 0 Å². The standard InChI is InChI=1S/C20H34O/c1-14-6-7-17-19(4,11-8-14)12-9-16-15(18(2,3)21)10-13-20(16,17)5/h8,15-17,21H,6-7,9-13H2,1-5H3/t15-,16-,17-,19+,20-/m1/s1. The molecular formula is C20H34O. The SMILES string of the molecule is CC1=CC[C@@]2(C)CC[C@@H]3[C@H](C(C)(C)O)CC[C@@]3(C)[C@@H]2CC1. The van der Waals surface area contributed by atoms with E-state index in [1.165, 1.54) is 44.9 Å². The highest BCUT2D eigenvalue weighted by Gasteiger charge is 2.59. The number of hydrogen-bond acceptors (Lipinski definition) is 1. The van der Waals surface area contributed by atoms with Crippen molar-refractivity contribution in [3.05, 3.63) is 11.6 Å². The fraction of sp³-hybridized carbons (Fsp3) is 0.900. The summed E-state index contributed by atoms with van der Waals surface area (Å²) in [6, 6.07) is 0. The van der Waals surface area contributed by atoms with Crippen molar-refractivity contribution in [1.29, 1.82) is 0 Å². The third kappa shape index (κ3) is 2.40. The lowest BCUT2D eigenvalue weighted by molar-refractivity contribution is -0.0843. The molecule has 2 saturated carbocycles. The summed E-state index contributed by atoms with van der Waals surface area (Å²) in [5.74, 6) is 2.07. The Morgan fingerprint density at radius 1 is 1.14 bits per heavy atom. The van der Waals surface area contributed by atoms with Gasteiger partial charge >= 0.3 is 0 Å². The second kappa shape index (κ2) is 4.85. The number of fused-ring (bicyclic) bond motifs is 3. The van der Waals surface area contributed by atoms with Gasteiger partial charge in [0.25, 0.3) is 0 Å². The van der Waals surface area contributed by atoms with Crippen molar-refractivity contribution in [3.8, 4) is 0 Å². The van der Waals surface area contributed by atoms with Crippen LogP contribution in [0.1, 0.15) is 79.6 Å². The summed E-state index contributed by atoms with van der Waals surface area (Å²) in [6.45, 7) is 11.5. The molecule has 5 atom stereocenters. The van der Waals surface area contributed by atoms with Gasteiger partial charge < -0.3 is 5.11 Å². The van der Waals surface area contributed by atoms with E-state index in [1.54, 1.807) is 5.57 Å². The van der Waals surface area contributed by atoms with E-state index in [1.807, 2.05) is 13.8 Å². The smallest absolute Gasteiger partial charge is 0.0622 e. The van der Waals surface area contributed by atoms with E-state index in [9.17, 15) is 5.11 Å².